The number of Topliss-reactive ketones (excluding diaryl/α,β-unsaturated/α-hetero) is 1. The molecule has 0 atom stereocenters. The van der Waals surface area contributed by atoms with E-state index < -0.39 is 11.7 Å². The third kappa shape index (κ3) is 3.60. The highest BCUT2D eigenvalue weighted by Gasteiger charge is 2.22. The minimum atomic E-state index is -1.23. The largest absolute Gasteiger partial charge is 0.493 e. The zero-order valence-electron chi connectivity index (χ0n) is 16.0. The lowest BCUT2D eigenvalue weighted by molar-refractivity contribution is 0.0690. The van der Waals surface area contributed by atoms with E-state index in [-0.39, 0.29) is 34.5 Å². The Balaban J connectivity index is 1.83. The molecule has 0 saturated heterocycles. The van der Waals surface area contributed by atoms with Crippen LogP contribution in [0.1, 0.15) is 33.3 Å². The summed E-state index contributed by atoms with van der Waals surface area (Å²) in [5.74, 6) is -1.69. The average molecular weight is 460 g/mol. The van der Waals surface area contributed by atoms with Gasteiger partial charge < -0.3 is 15.2 Å². The number of aromatic hydroxyl groups is 1. The number of aromatic amines is 1. The lowest BCUT2D eigenvalue weighted by Gasteiger charge is -2.05. The van der Waals surface area contributed by atoms with E-state index in [1.54, 1.807) is 18.2 Å². The van der Waals surface area contributed by atoms with Gasteiger partial charge in [0.15, 0.2) is 5.78 Å². The summed E-state index contributed by atoms with van der Waals surface area (Å²) in [5, 5.41) is 21.0. The Morgan fingerprint density at radius 3 is 2.42 bits per heavy atom. The molecule has 4 rings (SSSR count). The number of benzene rings is 2. The molecule has 0 bridgehead atoms. The predicted molar refractivity (Wildman–Crippen MR) is 116 cm³/mol. The quantitative estimate of drug-likeness (QED) is 0.388. The van der Waals surface area contributed by atoms with E-state index in [0.717, 1.165) is 4.57 Å². The van der Waals surface area contributed by atoms with E-state index in [0.29, 0.717) is 27.2 Å². The van der Waals surface area contributed by atoms with Gasteiger partial charge in [0.2, 0.25) is 5.88 Å². The van der Waals surface area contributed by atoms with Crippen LogP contribution in [0.15, 0.2) is 47.4 Å². The molecule has 0 amide bonds. The average Bonchev–Trinajstić information content (AvgIpc) is 3.19. The van der Waals surface area contributed by atoms with Gasteiger partial charge in [-0.2, -0.15) is 0 Å². The Labute approximate surface area is 184 Å². The van der Waals surface area contributed by atoms with Crippen molar-refractivity contribution in [2.45, 2.75) is 13.5 Å². The van der Waals surface area contributed by atoms with E-state index in [4.69, 9.17) is 23.2 Å². The summed E-state index contributed by atoms with van der Waals surface area (Å²) in [5.41, 5.74) is 0.784. The number of hydrogen-bond acceptors (Lipinski definition) is 4. The van der Waals surface area contributed by atoms with Gasteiger partial charge in [0.25, 0.3) is 0 Å². The van der Waals surface area contributed by atoms with Crippen LogP contribution in [-0.4, -0.2) is 36.1 Å². The number of nitrogens with one attached hydrogen (secondary N) is 1. The molecule has 0 aliphatic rings. The van der Waals surface area contributed by atoms with Crippen LogP contribution in [-0.2, 0) is 6.54 Å². The van der Waals surface area contributed by atoms with Gasteiger partial charge in [0, 0.05) is 27.1 Å². The molecule has 158 valence electrons. The van der Waals surface area contributed by atoms with Crippen LogP contribution in [0.2, 0.25) is 10.0 Å². The summed E-state index contributed by atoms with van der Waals surface area (Å²) in [7, 11) is 0. The van der Waals surface area contributed by atoms with Crippen molar-refractivity contribution in [3.63, 3.8) is 0 Å². The number of halogens is 2. The Morgan fingerprint density at radius 2 is 1.81 bits per heavy atom. The molecule has 4 aromatic rings. The van der Waals surface area contributed by atoms with Crippen LogP contribution < -0.4 is 5.69 Å². The van der Waals surface area contributed by atoms with Gasteiger partial charge in [-0.1, -0.05) is 23.2 Å². The highest BCUT2D eigenvalue weighted by Crippen LogP contribution is 2.33. The Hall–Kier alpha value is -3.49. The molecule has 2 aromatic carbocycles. The van der Waals surface area contributed by atoms with E-state index in [9.17, 15) is 24.6 Å². The summed E-state index contributed by atoms with van der Waals surface area (Å²) in [6.07, 6.45) is 1.20. The summed E-state index contributed by atoms with van der Waals surface area (Å²) in [4.78, 5) is 39.0. The van der Waals surface area contributed by atoms with Crippen molar-refractivity contribution in [2.75, 3.05) is 0 Å². The number of imidazole rings is 1. The molecule has 0 aliphatic carbocycles. The fraction of sp³-hybridized carbons (Fsp3) is 0.0952. The molecule has 2 aromatic heterocycles. The highest BCUT2D eigenvalue weighted by molar-refractivity contribution is 6.39. The monoisotopic (exact) mass is 459 g/mol. The number of nitrogens with zero attached hydrogens (tertiary/aromatic N) is 2. The van der Waals surface area contributed by atoms with Crippen LogP contribution in [0, 0.1) is 0 Å². The van der Waals surface area contributed by atoms with Crippen LogP contribution in [0.4, 0.5) is 0 Å². The molecule has 0 radical (unpaired) electrons. The Kier molecular flexibility index (Phi) is 5.12. The zero-order valence-corrected chi connectivity index (χ0v) is 17.5. The van der Waals surface area contributed by atoms with E-state index in [1.807, 2.05) is 0 Å². The summed E-state index contributed by atoms with van der Waals surface area (Å²) in [6.45, 7) is 1.27. The number of ketones is 1. The van der Waals surface area contributed by atoms with Gasteiger partial charge in [-0.15, -0.1) is 0 Å². The first-order valence-electron chi connectivity index (χ1n) is 9.02. The van der Waals surface area contributed by atoms with Crippen molar-refractivity contribution >= 4 is 45.9 Å². The van der Waals surface area contributed by atoms with Crippen molar-refractivity contribution in [1.29, 1.82) is 0 Å². The fourth-order valence-corrected chi connectivity index (χ4v) is 4.11. The molecule has 0 fully saturated rings. The van der Waals surface area contributed by atoms with Gasteiger partial charge in [-0.3, -0.25) is 9.36 Å². The molecular formula is C21H15Cl2N3O5. The number of carbonyl (C=O) groups is 2. The molecule has 31 heavy (non-hydrogen) atoms. The third-order valence-corrected chi connectivity index (χ3v) is 5.45. The maximum Gasteiger partial charge on any atom is 0.352 e. The lowest BCUT2D eigenvalue weighted by Crippen LogP contribution is -2.24. The van der Waals surface area contributed by atoms with Gasteiger partial charge >= 0.3 is 11.7 Å². The van der Waals surface area contributed by atoms with Crippen LogP contribution in [0.25, 0.3) is 16.6 Å². The molecule has 8 nitrogen and oxygen atoms in total. The topological polar surface area (TPSA) is 117 Å². The first-order chi connectivity index (χ1) is 14.7. The minimum Gasteiger partial charge on any atom is -0.493 e. The standard InChI is InChI=1S/C21H15Cl2N3O5/c1-10(27)11-2-4-13(5-3-11)26-17(28)9-25(21(26)31)8-14-18-15(23)6-12(22)7-16(18)24-19(14)20(29)30/h2-7,9,24,28H,8H2,1H3,(H,29,30). The van der Waals surface area contributed by atoms with Gasteiger partial charge in [-0.05, 0) is 43.3 Å². The zero-order chi connectivity index (χ0) is 22.4. The van der Waals surface area contributed by atoms with Crippen molar-refractivity contribution < 1.29 is 19.8 Å². The number of carbonyl (C=O) groups excluding carboxylic acids is 1. The molecule has 10 heteroatoms. The smallest absolute Gasteiger partial charge is 0.352 e. The first kappa shape index (κ1) is 20.8. The third-order valence-electron chi connectivity index (χ3n) is 4.93. The molecular weight excluding hydrogens is 445 g/mol. The summed E-state index contributed by atoms with van der Waals surface area (Å²) >= 11 is 12.3. The number of aromatic nitrogens is 3. The highest BCUT2D eigenvalue weighted by atomic mass is 35.5. The normalized spacial score (nSPS) is 11.2. The van der Waals surface area contributed by atoms with Crippen molar-refractivity contribution in [1.82, 2.24) is 14.1 Å². The Bertz CT molecular complexity index is 1410. The molecule has 2 heterocycles. The molecule has 0 aliphatic heterocycles. The summed E-state index contributed by atoms with van der Waals surface area (Å²) in [6, 6.07) is 9.20. The van der Waals surface area contributed by atoms with Gasteiger partial charge in [-0.25, -0.2) is 14.2 Å². The van der Waals surface area contributed by atoms with E-state index >= 15 is 0 Å². The van der Waals surface area contributed by atoms with Gasteiger partial charge in [0.05, 0.1) is 23.5 Å². The van der Waals surface area contributed by atoms with Crippen LogP contribution >= 0.6 is 23.2 Å². The van der Waals surface area contributed by atoms with Gasteiger partial charge in [0.1, 0.15) is 5.69 Å². The number of H-pyrrole nitrogens is 1. The number of aromatic carboxylic acids is 1. The summed E-state index contributed by atoms with van der Waals surface area (Å²) < 4.78 is 2.23. The Morgan fingerprint density at radius 1 is 1.13 bits per heavy atom. The van der Waals surface area contributed by atoms with Crippen LogP contribution in [0.5, 0.6) is 5.88 Å². The second kappa shape index (κ2) is 7.64. The number of rotatable bonds is 5. The fourth-order valence-electron chi connectivity index (χ4n) is 3.50. The van der Waals surface area contributed by atoms with Crippen molar-refractivity contribution in [3.8, 4) is 11.6 Å². The van der Waals surface area contributed by atoms with E-state index in [1.165, 1.54) is 35.9 Å². The second-order valence-electron chi connectivity index (χ2n) is 6.93. The van der Waals surface area contributed by atoms with Crippen LogP contribution in [0.3, 0.4) is 0 Å². The number of fused-ring (bicyclic) bond motifs is 1. The first-order valence-corrected chi connectivity index (χ1v) is 9.78. The molecule has 3 N–H and O–H groups in total. The number of carboxylic acid groups (broad SMARTS) is 1. The molecule has 0 unspecified atom stereocenters. The minimum absolute atomic E-state index is 0.127. The maximum absolute atomic E-state index is 13.0. The maximum atomic E-state index is 13.0. The molecule has 0 spiro atoms. The van der Waals surface area contributed by atoms with E-state index in [2.05, 4.69) is 4.98 Å². The lowest BCUT2D eigenvalue weighted by atomic mass is 10.1. The van der Waals surface area contributed by atoms with Crippen molar-refractivity contribution in [3.05, 3.63) is 79.9 Å². The SMILES string of the molecule is CC(=O)c1ccc(-n2c(O)cn(Cc3c(C(=O)O)[nH]c4cc(Cl)cc(Cl)c34)c2=O)cc1. The molecule has 0 saturated carbocycles. The number of carboxylic acids is 1. The predicted octanol–water partition coefficient (Wildman–Crippen LogP) is 4.08. The second-order valence-corrected chi connectivity index (χ2v) is 7.77. The van der Waals surface area contributed by atoms with Crippen molar-refractivity contribution in [2.24, 2.45) is 0 Å². The number of hydrogen-bond donors (Lipinski definition) is 3.